The van der Waals surface area contributed by atoms with Crippen molar-refractivity contribution in [3.05, 3.63) is 24.3 Å². The minimum atomic E-state index is 0.0727. The Kier molecular flexibility index (Phi) is 3.11. The summed E-state index contributed by atoms with van der Waals surface area (Å²) >= 11 is 0. The van der Waals surface area contributed by atoms with Crippen LogP contribution in [0.3, 0.4) is 0 Å². The van der Waals surface area contributed by atoms with E-state index in [1.165, 1.54) is 6.33 Å². The molecule has 84 valence electrons. The number of hydrogen-bond acceptors (Lipinski definition) is 5. The first-order valence-electron chi connectivity index (χ1n) is 4.95. The molecule has 0 amide bonds. The number of aromatic nitrogens is 4. The Labute approximate surface area is 92.5 Å². The first-order chi connectivity index (χ1) is 7.81. The molecular formula is C10H13N5O. The molecule has 2 aromatic heterocycles. The highest BCUT2D eigenvalue weighted by Crippen LogP contribution is 2.13. The quantitative estimate of drug-likeness (QED) is 0.659. The number of nitrogens with zero attached hydrogens (tertiary/aromatic N) is 3. The van der Waals surface area contributed by atoms with Crippen LogP contribution in [0.4, 0.5) is 5.82 Å². The minimum Gasteiger partial charge on any atom is -0.392 e. The lowest BCUT2D eigenvalue weighted by Crippen LogP contribution is -2.03. The maximum absolute atomic E-state index is 8.83. The highest BCUT2D eigenvalue weighted by molar-refractivity contribution is 5.81. The number of imidazole rings is 1. The average Bonchev–Trinajstić information content (AvgIpc) is 2.77. The number of aliphatic hydroxyl groups excluding tert-OH is 1. The van der Waals surface area contributed by atoms with Gasteiger partial charge in [0.15, 0.2) is 11.5 Å². The van der Waals surface area contributed by atoms with Crippen molar-refractivity contribution >= 4 is 17.0 Å². The first-order valence-corrected chi connectivity index (χ1v) is 4.95. The van der Waals surface area contributed by atoms with Crippen LogP contribution < -0.4 is 5.32 Å². The summed E-state index contributed by atoms with van der Waals surface area (Å²) in [6.45, 7) is 2.54. The van der Waals surface area contributed by atoms with Gasteiger partial charge in [-0.3, -0.25) is 0 Å². The van der Waals surface area contributed by atoms with Crippen molar-refractivity contribution in [1.82, 2.24) is 19.9 Å². The molecule has 2 heterocycles. The normalized spacial score (nSPS) is 12.0. The minimum absolute atomic E-state index is 0.0727. The van der Waals surface area contributed by atoms with Crippen LogP contribution in [-0.2, 0) is 0 Å². The largest absolute Gasteiger partial charge is 0.392 e. The molecule has 0 saturated carbocycles. The molecule has 3 N–H and O–H groups in total. The zero-order valence-corrected chi connectivity index (χ0v) is 8.94. The molecule has 16 heavy (non-hydrogen) atoms. The zero-order valence-electron chi connectivity index (χ0n) is 8.94. The molecule has 0 spiro atoms. The summed E-state index contributed by atoms with van der Waals surface area (Å²) in [5.74, 6) is 0.688. The smallest absolute Gasteiger partial charge is 0.162 e. The zero-order chi connectivity index (χ0) is 11.4. The third kappa shape index (κ3) is 2.17. The molecule has 0 unspecified atom stereocenters. The van der Waals surface area contributed by atoms with E-state index in [0.29, 0.717) is 18.0 Å². The third-order valence-corrected chi connectivity index (χ3v) is 2.19. The molecule has 0 aromatic carbocycles. The molecule has 0 fully saturated rings. The van der Waals surface area contributed by atoms with E-state index in [2.05, 4.69) is 25.3 Å². The second-order valence-corrected chi connectivity index (χ2v) is 3.41. The second-order valence-electron chi connectivity index (χ2n) is 3.41. The van der Waals surface area contributed by atoms with Gasteiger partial charge in [0.2, 0.25) is 0 Å². The average molecular weight is 219 g/mol. The van der Waals surface area contributed by atoms with Crippen molar-refractivity contribution in [2.24, 2.45) is 0 Å². The van der Waals surface area contributed by atoms with Crippen molar-refractivity contribution in [2.75, 3.05) is 18.5 Å². The van der Waals surface area contributed by atoms with Crippen LogP contribution >= 0.6 is 0 Å². The molecule has 6 heteroatoms. The Morgan fingerprint density at radius 1 is 1.50 bits per heavy atom. The van der Waals surface area contributed by atoms with E-state index < -0.39 is 0 Å². The second kappa shape index (κ2) is 4.71. The molecule has 6 nitrogen and oxygen atoms in total. The fourth-order valence-corrected chi connectivity index (χ4v) is 1.28. The van der Waals surface area contributed by atoms with Gasteiger partial charge in [-0.05, 0) is 6.92 Å². The van der Waals surface area contributed by atoms with Gasteiger partial charge in [0.25, 0.3) is 0 Å². The van der Waals surface area contributed by atoms with Crippen molar-refractivity contribution in [3.63, 3.8) is 0 Å². The lowest BCUT2D eigenvalue weighted by atomic mass is 10.3. The van der Waals surface area contributed by atoms with Crippen molar-refractivity contribution in [2.45, 2.75) is 6.92 Å². The first kappa shape index (κ1) is 10.6. The molecular weight excluding hydrogens is 206 g/mol. The summed E-state index contributed by atoms with van der Waals surface area (Å²) in [6, 6.07) is 0. The molecule has 0 aliphatic carbocycles. The lowest BCUT2D eigenvalue weighted by Gasteiger charge is -2.02. The molecule has 0 saturated heterocycles. The van der Waals surface area contributed by atoms with Crippen LogP contribution in [0.1, 0.15) is 6.92 Å². The van der Waals surface area contributed by atoms with Crippen LogP contribution in [0.5, 0.6) is 0 Å². The highest BCUT2D eigenvalue weighted by Gasteiger charge is 2.03. The fraction of sp³-hybridized carbons (Fsp3) is 0.300. The topological polar surface area (TPSA) is 86.7 Å². The van der Waals surface area contributed by atoms with E-state index in [1.807, 2.05) is 13.0 Å². The molecule has 0 aliphatic rings. The maximum Gasteiger partial charge on any atom is 0.162 e. The predicted octanol–water partition coefficient (Wildman–Crippen LogP) is 0.703. The fourth-order valence-electron chi connectivity index (χ4n) is 1.28. The number of fused-ring (bicyclic) bond motifs is 1. The Morgan fingerprint density at radius 2 is 2.38 bits per heavy atom. The van der Waals surface area contributed by atoms with Gasteiger partial charge >= 0.3 is 0 Å². The number of aromatic amines is 1. The van der Waals surface area contributed by atoms with Gasteiger partial charge in [0.1, 0.15) is 11.8 Å². The number of aliphatic hydroxyl groups is 1. The Bertz CT molecular complexity index is 505. The van der Waals surface area contributed by atoms with Gasteiger partial charge in [-0.2, -0.15) is 0 Å². The van der Waals surface area contributed by atoms with Gasteiger partial charge < -0.3 is 15.4 Å². The van der Waals surface area contributed by atoms with E-state index in [9.17, 15) is 0 Å². The Hall–Kier alpha value is -1.95. The highest BCUT2D eigenvalue weighted by atomic mass is 16.3. The van der Waals surface area contributed by atoms with Crippen LogP contribution in [0.15, 0.2) is 24.3 Å². The number of anilines is 1. The summed E-state index contributed by atoms with van der Waals surface area (Å²) < 4.78 is 0. The predicted molar refractivity (Wildman–Crippen MR) is 61.0 cm³/mol. The molecule has 0 aliphatic heterocycles. The summed E-state index contributed by atoms with van der Waals surface area (Å²) in [6.07, 6.45) is 4.96. The summed E-state index contributed by atoms with van der Waals surface area (Å²) in [5, 5.41) is 11.9. The van der Waals surface area contributed by atoms with Gasteiger partial charge in [0, 0.05) is 6.54 Å². The number of rotatable bonds is 4. The Balaban J connectivity index is 2.12. The van der Waals surface area contributed by atoms with E-state index >= 15 is 0 Å². The summed E-state index contributed by atoms with van der Waals surface area (Å²) in [5.41, 5.74) is 2.35. The lowest BCUT2D eigenvalue weighted by molar-refractivity contribution is 0.331. The monoisotopic (exact) mass is 219 g/mol. The van der Waals surface area contributed by atoms with Gasteiger partial charge in [-0.1, -0.05) is 11.6 Å². The van der Waals surface area contributed by atoms with E-state index in [-0.39, 0.29) is 6.61 Å². The molecule has 0 radical (unpaired) electrons. The summed E-state index contributed by atoms with van der Waals surface area (Å²) in [4.78, 5) is 15.2. The standard InChI is InChI=1S/C10H13N5O/c1-7(4-16)2-3-11-9-8-10(13-5-12-8)15-6-14-9/h2,5-6,16H,3-4H2,1H3,(H2,11,12,13,14,15)/b7-2-. The number of hydrogen-bond donors (Lipinski definition) is 3. The number of H-pyrrole nitrogens is 1. The van der Waals surface area contributed by atoms with Gasteiger partial charge in [-0.15, -0.1) is 0 Å². The van der Waals surface area contributed by atoms with E-state index in [1.54, 1.807) is 6.33 Å². The van der Waals surface area contributed by atoms with Gasteiger partial charge in [-0.25, -0.2) is 15.0 Å². The molecule has 2 aromatic rings. The van der Waals surface area contributed by atoms with Crippen molar-refractivity contribution < 1.29 is 5.11 Å². The van der Waals surface area contributed by atoms with Crippen LogP contribution in [0.25, 0.3) is 11.2 Å². The SMILES string of the molecule is C/C(=C/CNc1ncnc2[nH]cnc12)CO. The van der Waals surface area contributed by atoms with Crippen molar-refractivity contribution in [3.8, 4) is 0 Å². The molecule has 2 rings (SSSR count). The van der Waals surface area contributed by atoms with Gasteiger partial charge in [0.05, 0.1) is 12.9 Å². The van der Waals surface area contributed by atoms with Crippen molar-refractivity contribution in [1.29, 1.82) is 0 Å². The molecule has 0 atom stereocenters. The third-order valence-electron chi connectivity index (χ3n) is 2.19. The van der Waals surface area contributed by atoms with Crippen LogP contribution in [0.2, 0.25) is 0 Å². The van der Waals surface area contributed by atoms with Crippen LogP contribution in [-0.4, -0.2) is 38.2 Å². The maximum atomic E-state index is 8.83. The Morgan fingerprint density at radius 3 is 3.19 bits per heavy atom. The van der Waals surface area contributed by atoms with E-state index in [0.717, 1.165) is 11.1 Å². The summed E-state index contributed by atoms with van der Waals surface area (Å²) in [7, 11) is 0. The van der Waals surface area contributed by atoms with E-state index in [4.69, 9.17) is 5.11 Å². The number of nitrogens with one attached hydrogen (secondary N) is 2. The molecule has 0 bridgehead atoms. The van der Waals surface area contributed by atoms with Crippen LogP contribution in [0, 0.1) is 0 Å².